The van der Waals surface area contributed by atoms with Gasteiger partial charge in [0.25, 0.3) is 0 Å². The first-order chi connectivity index (χ1) is 12.6. The minimum atomic E-state index is -1.50. The van der Waals surface area contributed by atoms with E-state index < -0.39 is 11.3 Å². The van der Waals surface area contributed by atoms with Gasteiger partial charge in [-0.1, -0.05) is 37.3 Å². The Morgan fingerprint density at radius 3 is 2.54 bits per heavy atom. The first-order valence-electron chi connectivity index (χ1n) is 8.39. The van der Waals surface area contributed by atoms with Gasteiger partial charge in [0.15, 0.2) is 11.2 Å². The Labute approximate surface area is 152 Å². The van der Waals surface area contributed by atoms with Crippen LogP contribution in [-0.2, 0) is 4.74 Å². The van der Waals surface area contributed by atoms with Gasteiger partial charge in [-0.05, 0) is 0 Å². The molecule has 7 heteroatoms. The number of rotatable bonds is 3. The molecule has 26 heavy (non-hydrogen) atoms. The molecule has 0 radical (unpaired) electrons. The van der Waals surface area contributed by atoms with Crippen molar-refractivity contribution >= 4 is 11.6 Å². The second-order valence-corrected chi connectivity index (χ2v) is 6.28. The van der Waals surface area contributed by atoms with Crippen LogP contribution >= 0.6 is 0 Å². The summed E-state index contributed by atoms with van der Waals surface area (Å²) in [4.78, 5) is 19.3. The van der Waals surface area contributed by atoms with Crippen LogP contribution in [0, 0.1) is 34.0 Å². The van der Waals surface area contributed by atoms with E-state index in [4.69, 9.17) is 10.5 Å². The van der Waals surface area contributed by atoms with Crippen LogP contribution in [0.2, 0.25) is 0 Å². The third kappa shape index (κ3) is 2.63. The van der Waals surface area contributed by atoms with E-state index in [0.29, 0.717) is 37.7 Å². The Morgan fingerprint density at radius 2 is 1.96 bits per heavy atom. The number of hydrogen-bond donors (Lipinski definition) is 1. The fourth-order valence-corrected chi connectivity index (χ4v) is 3.47. The highest BCUT2D eigenvalue weighted by molar-refractivity contribution is 6.07. The first-order valence-corrected chi connectivity index (χ1v) is 8.39. The van der Waals surface area contributed by atoms with Crippen LogP contribution in [0.4, 0.5) is 0 Å². The molecular formula is C19H19N5O2. The lowest BCUT2D eigenvalue weighted by Gasteiger charge is -2.37. The van der Waals surface area contributed by atoms with Crippen molar-refractivity contribution in [3.05, 3.63) is 47.3 Å². The summed E-state index contributed by atoms with van der Waals surface area (Å²) in [5.41, 5.74) is 4.99. The van der Waals surface area contributed by atoms with Crippen LogP contribution in [0.15, 0.2) is 46.7 Å². The molecule has 1 aromatic carbocycles. The summed E-state index contributed by atoms with van der Waals surface area (Å²) in [6.07, 6.45) is 0. The molecule has 0 bridgehead atoms. The van der Waals surface area contributed by atoms with Crippen LogP contribution in [0.5, 0.6) is 0 Å². The molecule has 1 saturated heterocycles. The fraction of sp³-hybridized carbons (Fsp3) is 0.368. The minimum Gasteiger partial charge on any atom is -0.383 e. The molecule has 7 nitrogen and oxygen atoms in total. The number of morpholine rings is 1. The van der Waals surface area contributed by atoms with E-state index in [1.165, 1.54) is 0 Å². The average molecular weight is 349 g/mol. The van der Waals surface area contributed by atoms with Crippen molar-refractivity contribution in [3.63, 3.8) is 0 Å². The van der Waals surface area contributed by atoms with Crippen molar-refractivity contribution in [2.24, 2.45) is 22.1 Å². The van der Waals surface area contributed by atoms with Crippen LogP contribution in [0.3, 0.4) is 0 Å². The summed E-state index contributed by atoms with van der Waals surface area (Å²) in [5.74, 6) is -0.667. The maximum absolute atomic E-state index is 13.1. The van der Waals surface area contributed by atoms with Gasteiger partial charge in [0.05, 0.1) is 25.2 Å². The molecular weight excluding hydrogens is 330 g/mol. The highest BCUT2D eigenvalue weighted by Gasteiger charge is 2.55. The summed E-state index contributed by atoms with van der Waals surface area (Å²) in [6.45, 7) is 3.69. The van der Waals surface area contributed by atoms with E-state index in [9.17, 15) is 15.3 Å². The highest BCUT2D eigenvalue weighted by Crippen LogP contribution is 2.44. The van der Waals surface area contributed by atoms with Crippen molar-refractivity contribution < 1.29 is 9.53 Å². The minimum absolute atomic E-state index is 0.00301. The molecule has 1 fully saturated rings. The number of nitrogens with two attached hydrogens (primary N) is 1. The van der Waals surface area contributed by atoms with Gasteiger partial charge in [-0.15, -0.1) is 0 Å². The lowest BCUT2D eigenvalue weighted by molar-refractivity contribution is 0.0638. The SMILES string of the molecule is CC(C(=O)c1ccccc1)C1(C#N)C(N2CCOCC2)=NC(N)=C1C#N. The van der Waals surface area contributed by atoms with E-state index in [1.807, 2.05) is 17.0 Å². The van der Waals surface area contributed by atoms with E-state index >= 15 is 0 Å². The summed E-state index contributed by atoms with van der Waals surface area (Å²) >= 11 is 0. The molecule has 3 rings (SSSR count). The Bertz CT molecular complexity index is 856. The highest BCUT2D eigenvalue weighted by atomic mass is 16.5. The molecule has 2 N–H and O–H groups in total. The Hall–Kier alpha value is -3.16. The quantitative estimate of drug-likeness (QED) is 0.826. The molecule has 0 aliphatic carbocycles. The second kappa shape index (κ2) is 6.99. The molecule has 0 spiro atoms. The first kappa shape index (κ1) is 17.7. The Morgan fingerprint density at radius 1 is 1.31 bits per heavy atom. The monoisotopic (exact) mass is 349 g/mol. The standard InChI is InChI=1S/C19H19N5O2/c1-13(16(25)14-5-3-2-4-6-14)19(12-21)15(11-20)17(22)23-18(19)24-7-9-26-10-8-24/h2-6,13H,7-10,22H2,1H3. The van der Waals surface area contributed by atoms with Gasteiger partial charge in [0.1, 0.15) is 23.3 Å². The molecule has 0 aromatic heterocycles. The number of hydrogen-bond acceptors (Lipinski definition) is 7. The zero-order valence-electron chi connectivity index (χ0n) is 14.5. The second-order valence-electron chi connectivity index (χ2n) is 6.28. The van der Waals surface area contributed by atoms with Gasteiger partial charge in [-0.3, -0.25) is 4.79 Å². The van der Waals surface area contributed by atoms with E-state index in [-0.39, 0.29) is 17.2 Å². The number of carbonyl (C=O) groups is 1. The Balaban J connectivity index is 2.08. The largest absolute Gasteiger partial charge is 0.383 e. The van der Waals surface area contributed by atoms with Crippen LogP contribution in [-0.4, -0.2) is 42.8 Å². The smallest absolute Gasteiger partial charge is 0.168 e. The van der Waals surface area contributed by atoms with E-state index in [2.05, 4.69) is 11.1 Å². The van der Waals surface area contributed by atoms with E-state index in [0.717, 1.165) is 0 Å². The molecule has 0 saturated carbocycles. The summed E-state index contributed by atoms with van der Waals surface area (Å²) < 4.78 is 5.36. The predicted octanol–water partition coefficient (Wildman–Crippen LogP) is 1.45. The lowest BCUT2D eigenvalue weighted by Crippen LogP contribution is -2.51. The van der Waals surface area contributed by atoms with Crippen LogP contribution in [0.1, 0.15) is 17.3 Å². The number of ether oxygens (including phenoxy) is 1. The zero-order valence-corrected chi connectivity index (χ0v) is 14.5. The maximum Gasteiger partial charge on any atom is 0.168 e. The molecule has 2 unspecified atom stereocenters. The molecule has 2 aliphatic heterocycles. The third-order valence-electron chi connectivity index (χ3n) is 4.93. The lowest BCUT2D eigenvalue weighted by atomic mass is 9.68. The molecule has 0 amide bonds. The zero-order chi connectivity index (χ0) is 18.7. The maximum atomic E-state index is 13.1. The Kier molecular flexibility index (Phi) is 4.75. The summed E-state index contributed by atoms with van der Waals surface area (Å²) in [5, 5.41) is 19.8. The van der Waals surface area contributed by atoms with Crippen molar-refractivity contribution in [3.8, 4) is 12.1 Å². The van der Waals surface area contributed by atoms with E-state index in [1.54, 1.807) is 31.2 Å². The molecule has 2 heterocycles. The van der Waals surface area contributed by atoms with Crippen LogP contribution < -0.4 is 5.73 Å². The molecule has 1 aromatic rings. The van der Waals surface area contributed by atoms with Crippen molar-refractivity contribution in [2.45, 2.75) is 6.92 Å². The molecule has 2 atom stereocenters. The van der Waals surface area contributed by atoms with Crippen LogP contribution in [0.25, 0.3) is 0 Å². The van der Waals surface area contributed by atoms with Crippen molar-refractivity contribution in [1.82, 2.24) is 4.90 Å². The van der Waals surface area contributed by atoms with Gasteiger partial charge in [0.2, 0.25) is 0 Å². The number of nitrogens with zero attached hydrogens (tertiary/aromatic N) is 4. The fourth-order valence-electron chi connectivity index (χ4n) is 3.47. The number of nitriles is 2. The normalized spacial score (nSPS) is 23.8. The van der Waals surface area contributed by atoms with Crippen molar-refractivity contribution in [1.29, 1.82) is 10.5 Å². The van der Waals surface area contributed by atoms with Gasteiger partial charge < -0.3 is 15.4 Å². The number of benzene rings is 1. The van der Waals surface area contributed by atoms with Gasteiger partial charge >= 0.3 is 0 Å². The topological polar surface area (TPSA) is 116 Å². The predicted molar refractivity (Wildman–Crippen MR) is 94.6 cm³/mol. The summed E-state index contributed by atoms with van der Waals surface area (Å²) in [7, 11) is 0. The number of aliphatic imine (C=N–C) groups is 1. The van der Waals surface area contributed by atoms with Gasteiger partial charge in [-0.2, -0.15) is 10.5 Å². The third-order valence-corrected chi connectivity index (χ3v) is 4.93. The molecule has 132 valence electrons. The summed E-state index contributed by atoms with van der Waals surface area (Å²) in [6, 6.07) is 13.0. The number of carbonyl (C=O) groups excluding carboxylic acids is 1. The average Bonchev–Trinajstić information content (AvgIpc) is 3.00. The number of amidine groups is 1. The van der Waals surface area contributed by atoms with Gasteiger partial charge in [0, 0.05) is 18.7 Å². The van der Waals surface area contributed by atoms with Crippen molar-refractivity contribution in [2.75, 3.05) is 26.3 Å². The molecule has 2 aliphatic rings. The number of Topliss-reactive ketones (excluding diaryl/α,β-unsaturated/α-hetero) is 1. The van der Waals surface area contributed by atoms with Gasteiger partial charge in [-0.25, -0.2) is 4.99 Å². The number of ketones is 1.